The fraction of sp³-hybridized carbons (Fsp3) is 0.533. The lowest BCUT2D eigenvalue weighted by Crippen LogP contribution is -2.43. The van der Waals surface area contributed by atoms with E-state index in [4.69, 9.17) is 0 Å². The van der Waals surface area contributed by atoms with Gasteiger partial charge in [-0.05, 0) is 44.6 Å². The summed E-state index contributed by atoms with van der Waals surface area (Å²) in [6.07, 6.45) is 1.79. The second-order valence-electron chi connectivity index (χ2n) is 5.34. The third-order valence-electron chi connectivity index (χ3n) is 3.81. The maximum Gasteiger partial charge on any atom is 0.257 e. The van der Waals surface area contributed by atoms with Crippen LogP contribution in [0.15, 0.2) is 23.1 Å². The maximum absolute atomic E-state index is 13.9. The van der Waals surface area contributed by atoms with Crippen LogP contribution in [0, 0.1) is 5.82 Å². The number of hydrogen-bond acceptors (Lipinski definition) is 3. The van der Waals surface area contributed by atoms with E-state index >= 15 is 0 Å². The molecule has 1 aromatic carbocycles. The molecule has 1 atom stereocenters. The monoisotopic (exact) mass is 296 g/mol. The van der Waals surface area contributed by atoms with Crippen LogP contribution in [-0.4, -0.2) is 48.4 Å². The van der Waals surface area contributed by atoms with Crippen molar-refractivity contribution in [1.82, 2.24) is 9.80 Å². The largest absolute Gasteiger partial charge is 0.334 e. The first-order chi connectivity index (χ1) is 9.52. The number of halogens is 1. The summed E-state index contributed by atoms with van der Waals surface area (Å²) in [5.41, 5.74) is 0.125. The van der Waals surface area contributed by atoms with E-state index < -0.39 is 5.82 Å². The van der Waals surface area contributed by atoms with Crippen LogP contribution in [0.2, 0.25) is 0 Å². The van der Waals surface area contributed by atoms with Crippen molar-refractivity contribution in [3.8, 4) is 0 Å². The van der Waals surface area contributed by atoms with Gasteiger partial charge in [0, 0.05) is 24.0 Å². The molecule has 0 radical (unpaired) electrons. The Balaban J connectivity index is 2.27. The highest BCUT2D eigenvalue weighted by molar-refractivity contribution is 7.80. The van der Waals surface area contributed by atoms with Gasteiger partial charge >= 0.3 is 0 Å². The molecule has 1 aliphatic rings. The average molecular weight is 296 g/mol. The number of carbonyl (C=O) groups is 1. The number of rotatable bonds is 2. The fourth-order valence-corrected chi connectivity index (χ4v) is 2.90. The molecule has 1 saturated heterocycles. The SMILES string of the molecule is CCC1CN(C)CCCN1C(=O)c1cc(S)ccc1F. The number of hydrogen-bond donors (Lipinski definition) is 1. The van der Waals surface area contributed by atoms with Crippen molar-refractivity contribution >= 4 is 18.5 Å². The first-order valence-electron chi connectivity index (χ1n) is 7.01. The van der Waals surface area contributed by atoms with Gasteiger partial charge in [0.05, 0.1) is 5.56 Å². The first kappa shape index (κ1) is 15.3. The van der Waals surface area contributed by atoms with Gasteiger partial charge in [-0.2, -0.15) is 0 Å². The van der Waals surface area contributed by atoms with Crippen LogP contribution < -0.4 is 0 Å². The van der Waals surface area contributed by atoms with Crippen LogP contribution >= 0.6 is 12.6 Å². The third-order valence-corrected chi connectivity index (χ3v) is 4.09. The first-order valence-corrected chi connectivity index (χ1v) is 7.45. The molecule has 0 spiro atoms. The number of amides is 1. The molecule has 0 aromatic heterocycles. The number of carbonyl (C=O) groups excluding carboxylic acids is 1. The minimum Gasteiger partial charge on any atom is -0.334 e. The summed E-state index contributed by atoms with van der Waals surface area (Å²) in [5.74, 6) is -0.694. The van der Waals surface area contributed by atoms with Crippen molar-refractivity contribution in [1.29, 1.82) is 0 Å². The molecule has 110 valence electrons. The Morgan fingerprint density at radius 3 is 2.90 bits per heavy atom. The fourth-order valence-electron chi connectivity index (χ4n) is 2.69. The van der Waals surface area contributed by atoms with Gasteiger partial charge in [0.1, 0.15) is 5.82 Å². The molecule has 0 bridgehead atoms. The second-order valence-corrected chi connectivity index (χ2v) is 5.86. The van der Waals surface area contributed by atoms with Crippen LogP contribution in [0.5, 0.6) is 0 Å². The molecule has 3 nitrogen and oxygen atoms in total. The molecule has 20 heavy (non-hydrogen) atoms. The molecule has 1 unspecified atom stereocenters. The minimum absolute atomic E-state index is 0.125. The van der Waals surface area contributed by atoms with Gasteiger partial charge in [-0.15, -0.1) is 12.6 Å². The van der Waals surface area contributed by atoms with E-state index in [1.54, 1.807) is 6.07 Å². The number of benzene rings is 1. The minimum atomic E-state index is -0.472. The maximum atomic E-state index is 13.9. The van der Waals surface area contributed by atoms with Gasteiger partial charge in [0.25, 0.3) is 5.91 Å². The van der Waals surface area contributed by atoms with E-state index in [9.17, 15) is 9.18 Å². The normalized spacial score (nSPS) is 20.8. The van der Waals surface area contributed by atoms with Gasteiger partial charge in [-0.25, -0.2) is 4.39 Å². The van der Waals surface area contributed by atoms with Crippen molar-refractivity contribution in [2.45, 2.75) is 30.7 Å². The Bertz CT molecular complexity index is 495. The molecule has 0 saturated carbocycles. The van der Waals surface area contributed by atoms with Crippen molar-refractivity contribution in [3.63, 3.8) is 0 Å². The molecule has 1 heterocycles. The molecule has 1 aromatic rings. The molecular weight excluding hydrogens is 275 g/mol. The summed E-state index contributed by atoms with van der Waals surface area (Å²) in [4.78, 5) is 17.3. The molecule has 2 rings (SSSR count). The van der Waals surface area contributed by atoms with E-state index in [0.717, 1.165) is 25.9 Å². The number of thiol groups is 1. The predicted molar refractivity (Wildman–Crippen MR) is 80.9 cm³/mol. The number of nitrogens with zero attached hydrogens (tertiary/aromatic N) is 2. The Morgan fingerprint density at radius 1 is 1.45 bits per heavy atom. The number of likely N-dealkylation sites (N-methyl/N-ethyl adjacent to an activating group) is 1. The third kappa shape index (κ3) is 3.33. The Hall–Kier alpha value is -1.07. The molecule has 0 aliphatic carbocycles. The van der Waals surface area contributed by atoms with Crippen molar-refractivity contribution in [2.24, 2.45) is 0 Å². The standard InChI is InChI=1S/C15H21FN2OS/c1-3-11-10-17(2)7-4-8-18(11)15(19)13-9-12(20)5-6-14(13)16/h5-6,9,11,20H,3-4,7-8,10H2,1-2H3. The van der Waals surface area contributed by atoms with Crippen LogP contribution in [-0.2, 0) is 0 Å². The molecule has 1 fully saturated rings. The van der Waals surface area contributed by atoms with E-state index in [1.807, 2.05) is 4.90 Å². The van der Waals surface area contributed by atoms with Gasteiger partial charge in [0.15, 0.2) is 0 Å². The lowest BCUT2D eigenvalue weighted by molar-refractivity contribution is 0.0670. The highest BCUT2D eigenvalue weighted by atomic mass is 32.1. The van der Waals surface area contributed by atoms with E-state index in [0.29, 0.717) is 11.4 Å². The topological polar surface area (TPSA) is 23.6 Å². The van der Waals surface area contributed by atoms with Crippen molar-refractivity contribution < 1.29 is 9.18 Å². The van der Waals surface area contributed by atoms with Crippen LogP contribution in [0.25, 0.3) is 0 Å². The molecule has 1 aliphatic heterocycles. The van der Waals surface area contributed by atoms with Crippen molar-refractivity contribution in [3.05, 3.63) is 29.6 Å². The summed E-state index contributed by atoms with van der Waals surface area (Å²) in [6.45, 7) is 4.55. The molecule has 1 amide bonds. The van der Waals surface area contributed by atoms with Crippen LogP contribution in [0.3, 0.4) is 0 Å². The predicted octanol–water partition coefficient (Wildman–Crippen LogP) is 2.67. The van der Waals surface area contributed by atoms with E-state index in [2.05, 4.69) is 31.5 Å². The highest BCUT2D eigenvalue weighted by Gasteiger charge is 2.28. The van der Waals surface area contributed by atoms with Crippen LogP contribution in [0.1, 0.15) is 30.1 Å². The van der Waals surface area contributed by atoms with E-state index in [1.165, 1.54) is 12.1 Å². The van der Waals surface area contributed by atoms with Gasteiger partial charge in [0.2, 0.25) is 0 Å². The molecule has 5 heteroatoms. The summed E-state index contributed by atoms with van der Waals surface area (Å²) in [5, 5.41) is 0. The smallest absolute Gasteiger partial charge is 0.257 e. The Morgan fingerprint density at radius 2 is 2.20 bits per heavy atom. The highest BCUT2D eigenvalue weighted by Crippen LogP contribution is 2.20. The zero-order chi connectivity index (χ0) is 14.7. The van der Waals surface area contributed by atoms with Crippen LogP contribution in [0.4, 0.5) is 4.39 Å². The quantitative estimate of drug-likeness (QED) is 0.848. The summed E-state index contributed by atoms with van der Waals surface area (Å²) < 4.78 is 13.9. The lowest BCUT2D eigenvalue weighted by atomic mass is 10.1. The zero-order valence-electron chi connectivity index (χ0n) is 12.0. The molecule has 0 N–H and O–H groups in total. The average Bonchev–Trinajstić information content (AvgIpc) is 2.62. The van der Waals surface area contributed by atoms with E-state index in [-0.39, 0.29) is 17.5 Å². The van der Waals surface area contributed by atoms with Gasteiger partial charge < -0.3 is 9.80 Å². The lowest BCUT2D eigenvalue weighted by Gasteiger charge is -2.30. The Labute approximate surface area is 125 Å². The van der Waals surface area contributed by atoms with Crippen molar-refractivity contribution in [2.75, 3.05) is 26.7 Å². The van der Waals surface area contributed by atoms with Gasteiger partial charge in [-0.1, -0.05) is 6.92 Å². The summed E-state index contributed by atoms with van der Waals surface area (Å²) >= 11 is 4.20. The zero-order valence-corrected chi connectivity index (χ0v) is 12.9. The Kier molecular flexibility index (Phi) is 5.05. The summed E-state index contributed by atoms with van der Waals surface area (Å²) in [7, 11) is 2.06. The van der Waals surface area contributed by atoms with Gasteiger partial charge in [-0.3, -0.25) is 4.79 Å². The second kappa shape index (κ2) is 6.59. The summed E-state index contributed by atoms with van der Waals surface area (Å²) in [6, 6.07) is 4.52. The molecular formula is C15H21FN2OS.